The average molecular weight is 482 g/mol. The summed E-state index contributed by atoms with van der Waals surface area (Å²) < 4.78 is 62.6. The van der Waals surface area contributed by atoms with Crippen molar-refractivity contribution in [2.75, 3.05) is 0 Å². The van der Waals surface area contributed by atoms with Crippen molar-refractivity contribution in [3.05, 3.63) is 65.1 Å². The van der Waals surface area contributed by atoms with Crippen LogP contribution in [0.2, 0.25) is 5.02 Å². The maximum absolute atomic E-state index is 14.1. The van der Waals surface area contributed by atoms with Crippen LogP contribution in [0, 0.1) is 11.6 Å². The van der Waals surface area contributed by atoms with Gasteiger partial charge in [-0.3, -0.25) is 4.57 Å². The first kappa shape index (κ1) is 22.2. The van der Waals surface area contributed by atoms with E-state index in [4.69, 9.17) is 16.3 Å². The van der Waals surface area contributed by atoms with E-state index in [9.17, 15) is 17.2 Å². The summed E-state index contributed by atoms with van der Waals surface area (Å²) in [6.45, 7) is 3.71. The molecule has 0 amide bonds. The van der Waals surface area contributed by atoms with Crippen LogP contribution in [0.25, 0.3) is 10.9 Å². The summed E-state index contributed by atoms with van der Waals surface area (Å²) in [6.07, 6.45) is 1.81. The molecule has 1 atom stereocenters. The molecular formula is C20H18ClF2N5O3S. The van der Waals surface area contributed by atoms with Gasteiger partial charge in [-0.2, -0.15) is 0 Å². The summed E-state index contributed by atoms with van der Waals surface area (Å²) in [7, 11) is -4.37. The number of aromatic amines is 1. The summed E-state index contributed by atoms with van der Waals surface area (Å²) in [5.74, 6) is -1.54. The van der Waals surface area contributed by atoms with Crippen LogP contribution >= 0.6 is 11.6 Å². The SMILES string of the molecule is CCn1c(Oc2ccc3cc[nH]c3c2)nnc1[C@@H](C)NS(=O)(=O)c1cc(Cl)c(F)cc1F. The molecule has 0 aliphatic heterocycles. The highest BCUT2D eigenvalue weighted by atomic mass is 35.5. The number of nitrogens with one attached hydrogen (secondary N) is 2. The predicted molar refractivity (Wildman–Crippen MR) is 114 cm³/mol. The van der Waals surface area contributed by atoms with Crippen LogP contribution in [-0.4, -0.2) is 28.2 Å². The average Bonchev–Trinajstić information content (AvgIpc) is 3.36. The molecule has 0 saturated carbocycles. The molecule has 4 aromatic rings. The van der Waals surface area contributed by atoms with Crippen molar-refractivity contribution in [3.63, 3.8) is 0 Å². The molecule has 32 heavy (non-hydrogen) atoms. The third-order valence-corrected chi connectivity index (χ3v) is 6.63. The molecule has 2 aromatic carbocycles. The van der Waals surface area contributed by atoms with Crippen molar-refractivity contribution in [2.45, 2.75) is 31.3 Å². The Bertz CT molecular complexity index is 1400. The fraction of sp³-hybridized carbons (Fsp3) is 0.200. The van der Waals surface area contributed by atoms with Crippen LogP contribution in [0.15, 0.2) is 47.5 Å². The molecule has 8 nitrogen and oxygen atoms in total. The van der Waals surface area contributed by atoms with Gasteiger partial charge in [0.05, 0.1) is 11.1 Å². The second-order valence-electron chi connectivity index (χ2n) is 6.95. The van der Waals surface area contributed by atoms with Gasteiger partial charge >= 0.3 is 6.01 Å². The minimum atomic E-state index is -4.37. The molecule has 2 aromatic heterocycles. The Balaban J connectivity index is 1.59. The lowest BCUT2D eigenvalue weighted by Crippen LogP contribution is -2.29. The van der Waals surface area contributed by atoms with Gasteiger partial charge < -0.3 is 9.72 Å². The third kappa shape index (κ3) is 4.18. The molecule has 0 bridgehead atoms. The molecule has 2 N–H and O–H groups in total. The maximum atomic E-state index is 14.1. The molecule has 0 aliphatic rings. The molecule has 0 fully saturated rings. The third-order valence-electron chi connectivity index (χ3n) is 4.78. The topological polar surface area (TPSA) is 102 Å². The van der Waals surface area contributed by atoms with Gasteiger partial charge in [0.25, 0.3) is 0 Å². The van der Waals surface area contributed by atoms with Crippen molar-refractivity contribution >= 4 is 32.5 Å². The Morgan fingerprint density at radius 3 is 2.72 bits per heavy atom. The van der Waals surface area contributed by atoms with Gasteiger partial charge in [-0.15, -0.1) is 5.10 Å². The fourth-order valence-corrected chi connectivity index (χ4v) is 4.76. The Hall–Kier alpha value is -3.02. The normalized spacial score (nSPS) is 12.9. The Labute approximate surface area is 187 Å². The van der Waals surface area contributed by atoms with Crippen molar-refractivity contribution < 1.29 is 21.9 Å². The molecule has 0 unspecified atom stereocenters. The zero-order valence-corrected chi connectivity index (χ0v) is 18.5. The van der Waals surface area contributed by atoms with E-state index < -0.39 is 37.6 Å². The van der Waals surface area contributed by atoms with E-state index >= 15 is 0 Å². The second kappa shape index (κ2) is 8.49. The Morgan fingerprint density at radius 2 is 1.97 bits per heavy atom. The van der Waals surface area contributed by atoms with E-state index in [2.05, 4.69) is 19.9 Å². The first-order valence-corrected chi connectivity index (χ1v) is 11.4. The number of halogens is 3. The lowest BCUT2D eigenvalue weighted by atomic mass is 10.2. The van der Waals surface area contributed by atoms with Crippen LogP contribution < -0.4 is 9.46 Å². The van der Waals surface area contributed by atoms with E-state index in [0.29, 0.717) is 18.4 Å². The summed E-state index contributed by atoms with van der Waals surface area (Å²) in [5, 5.41) is 8.57. The molecule has 168 valence electrons. The van der Waals surface area contributed by atoms with E-state index in [1.807, 2.05) is 25.3 Å². The van der Waals surface area contributed by atoms with Gasteiger partial charge in [0.1, 0.15) is 22.3 Å². The van der Waals surface area contributed by atoms with E-state index in [-0.39, 0.29) is 11.8 Å². The molecule has 2 heterocycles. The number of ether oxygens (including phenoxy) is 1. The fourth-order valence-electron chi connectivity index (χ4n) is 3.25. The molecule has 0 saturated heterocycles. The number of H-pyrrole nitrogens is 1. The molecular weight excluding hydrogens is 464 g/mol. The van der Waals surface area contributed by atoms with Crippen molar-refractivity contribution in [1.29, 1.82) is 0 Å². The number of aromatic nitrogens is 4. The van der Waals surface area contributed by atoms with Gasteiger partial charge in [-0.25, -0.2) is 21.9 Å². The Kier molecular flexibility index (Phi) is 5.89. The minimum absolute atomic E-state index is 0.162. The first-order valence-electron chi connectivity index (χ1n) is 9.54. The van der Waals surface area contributed by atoms with E-state index in [0.717, 1.165) is 17.0 Å². The van der Waals surface area contributed by atoms with E-state index in [1.165, 1.54) is 6.92 Å². The number of benzene rings is 2. The molecule has 0 spiro atoms. The monoisotopic (exact) mass is 481 g/mol. The number of hydrogen-bond donors (Lipinski definition) is 2. The lowest BCUT2D eigenvalue weighted by molar-refractivity contribution is 0.408. The summed E-state index contributed by atoms with van der Waals surface area (Å²) in [5.41, 5.74) is 0.881. The second-order valence-corrected chi connectivity index (χ2v) is 9.04. The molecule has 12 heteroatoms. The van der Waals surface area contributed by atoms with Gasteiger partial charge in [0.15, 0.2) is 5.82 Å². The highest BCUT2D eigenvalue weighted by Gasteiger charge is 2.27. The van der Waals surface area contributed by atoms with Crippen LogP contribution in [0.1, 0.15) is 25.7 Å². The van der Waals surface area contributed by atoms with Gasteiger partial charge in [-0.1, -0.05) is 16.7 Å². The smallest absolute Gasteiger partial charge is 0.322 e. The molecule has 0 radical (unpaired) electrons. The van der Waals surface area contributed by atoms with Crippen LogP contribution in [0.4, 0.5) is 8.78 Å². The number of hydrogen-bond acceptors (Lipinski definition) is 5. The van der Waals surface area contributed by atoms with E-state index in [1.54, 1.807) is 16.7 Å². The largest absolute Gasteiger partial charge is 0.424 e. The first-order chi connectivity index (χ1) is 15.2. The summed E-state index contributed by atoms with van der Waals surface area (Å²) >= 11 is 5.62. The summed E-state index contributed by atoms with van der Waals surface area (Å²) in [6, 6.07) is 7.79. The molecule has 4 rings (SSSR count). The van der Waals surface area contributed by atoms with Crippen LogP contribution in [0.5, 0.6) is 11.8 Å². The van der Waals surface area contributed by atoms with Crippen LogP contribution in [0.3, 0.4) is 0 Å². The lowest BCUT2D eigenvalue weighted by Gasteiger charge is -2.16. The van der Waals surface area contributed by atoms with Crippen molar-refractivity contribution in [3.8, 4) is 11.8 Å². The standard InChI is InChI=1S/C20H18ClF2N5O3S/c1-3-28-19(11(2)27-32(29,30)18-9-14(21)15(22)10-16(18)23)25-26-20(28)31-13-5-4-12-6-7-24-17(12)8-13/h4-11,24,27H,3H2,1-2H3/t11-/m1/s1. The van der Waals surface area contributed by atoms with Crippen LogP contribution in [-0.2, 0) is 16.6 Å². The number of nitrogens with zero attached hydrogens (tertiary/aromatic N) is 3. The maximum Gasteiger partial charge on any atom is 0.322 e. The van der Waals surface area contributed by atoms with Crippen molar-refractivity contribution in [1.82, 2.24) is 24.5 Å². The predicted octanol–water partition coefficient (Wildman–Crippen LogP) is 4.54. The van der Waals surface area contributed by atoms with Gasteiger partial charge in [0.2, 0.25) is 10.0 Å². The Morgan fingerprint density at radius 1 is 1.19 bits per heavy atom. The van der Waals surface area contributed by atoms with Gasteiger partial charge in [0, 0.05) is 30.4 Å². The zero-order valence-electron chi connectivity index (χ0n) is 16.9. The zero-order chi connectivity index (χ0) is 23.0. The highest BCUT2D eigenvalue weighted by Crippen LogP contribution is 2.28. The number of rotatable bonds is 7. The highest BCUT2D eigenvalue weighted by molar-refractivity contribution is 7.89. The molecule has 0 aliphatic carbocycles. The summed E-state index contributed by atoms with van der Waals surface area (Å²) in [4.78, 5) is 2.32. The minimum Gasteiger partial charge on any atom is -0.424 e. The number of fused-ring (bicyclic) bond motifs is 1. The quantitative estimate of drug-likeness (QED) is 0.377. The number of sulfonamides is 1. The van der Waals surface area contributed by atoms with Crippen molar-refractivity contribution in [2.24, 2.45) is 0 Å². The van der Waals surface area contributed by atoms with Gasteiger partial charge in [-0.05, 0) is 43.5 Å².